The van der Waals surface area contributed by atoms with Crippen LogP contribution in [0.3, 0.4) is 0 Å². The van der Waals surface area contributed by atoms with E-state index in [2.05, 4.69) is 23.9 Å². The van der Waals surface area contributed by atoms with Crippen LogP contribution in [0.2, 0.25) is 0 Å². The Morgan fingerprint density at radius 2 is 1.77 bits per heavy atom. The Labute approximate surface area is 80.9 Å². The zero-order valence-electron chi connectivity index (χ0n) is 8.74. The Bertz CT molecular complexity index is 179. The van der Waals surface area contributed by atoms with Gasteiger partial charge in [0.05, 0.1) is 6.17 Å². The molecule has 76 valence electrons. The Morgan fingerprint density at radius 3 is 2.46 bits per heavy atom. The summed E-state index contributed by atoms with van der Waals surface area (Å²) in [7, 11) is 4.46. The van der Waals surface area contributed by atoms with E-state index in [1.807, 2.05) is 0 Å². The molecule has 0 aromatic heterocycles. The van der Waals surface area contributed by atoms with Crippen LogP contribution >= 0.6 is 0 Å². The monoisotopic (exact) mass is 183 g/mol. The Morgan fingerprint density at radius 1 is 1.08 bits per heavy atom. The zero-order valence-corrected chi connectivity index (χ0v) is 8.74. The predicted octanol–water partition coefficient (Wildman–Crippen LogP) is 0.317. The molecule has 3 unspecified atom stereocenters. The van der Waals surface area contributed by atoms with Gasteiger partial charge < -0.3 is 5.73 Å². The molecule has 3 atom stereocenters. The van der Waals surface area contributed by atoms with Crippen molar-refractivity contribution in [3.63, 3.8) is 0 Å². The second-order valence-electron chi connectivity index (χ2n) is 4.63. The van der Waals surface area contributed by atoms with Crippen molar-refractivity contribution in [3.8, 4) is 0 Å². The SMILES string of the molecule is CN1CCCC2C(N)CCN(C)C21. The van der Waals surface area contributed by atoms with Gasteiger partial charge in [-0.25, -0.2) is 0 Å². The molecule has 2 rings (SSSR count). The van der Waals surface area contributed by atoms with Crippen LogP contribution in [0.25, 0.3) is 0 Å². The molecule has 0 spiro atoms. The average molecular weight is 183 g/mol. The average Bonchev–Trinajstić information content (AvgIpc) is 2.12. The fraction of sp³-hybridized carbons (Fsp3) is 1.00. The summed E-state index contributed by atoms with van der Waals surface area (Å²) in [6.07, 6.45) is 4.42. The van der Waals surface area contributed by atoms with E-state index in [1.165, 1.54) is 25.8 Å². The van der Waals surface area contributed by atoms with Gasteiger partial charge in [-0.05, 0) is 39.9 Å². The molecule has 13 heavy (non-hydrogen) atoms. The molecule has 2 aliphatic heterocycles. The fourth-order valence-electron chi connectivity index (χ4n) is 2.98. The van der Waals surface area contributed by atoms with Gasteiger partial charge in [0.25, 0.3) is 0 Å². The summed E-state index contributed by atoms with van der Waals surface area (Å²) in [5.41, 5.74) is 6.16. The summed E-state index contributed by atoms with van der Waals surface area (Å²) in [4.78, 5) is 4.93. The lowest BCUT2D eigenvalue weighted by Gasteiger charge is -2.50. The standard InChI is InChI=1S/C10H21N3/c1-12-6-3-4-8-9(11)5-7-13(2)10(8)12/h8-10H,3-7,11H2,1-2H3. The van der Waals surface area contributed by atoms with Crippen molar-refractivity contribution < 1.29 is 0 Å². The highest BCUT2D eigenvalue weighted by Crippen LogP contribution is 2.31. The van der Waals surface area contributed by atoms with E-state index in [4.69, 9.17) is 5.73 Å². The van der Waals surface area contributed by atoms with Gasteiger partial charge in [-0.1, -0.05) is 0 Å². The number of hydrogen-bond donors (Lipinski definition) is 1. The van der Waals surface area contributed by atoms with Crippen molar-refractivity contribution in [1.29, 1.82) is 0 Å². The first kappa shape index (κ1) is 9.44. The predicted molar refractivity (Wildman–Crippen MR) is 54.4 cm³/mol. The van der Waals surface area contributed by atoms with Crippen molar-refractivity contribution in [2.75, 3.05) is 27.2 Å². The second-order valence-corrected chi connectivity index (χ2v) is 4.63. The molecule has 0 amide bonds. The lowest BCUT2D eigenvalue weighted by atomic mass is 9.83. The molecule has 2 heterocycles. The van der Waals surface area contributed by atoms with Gasteiger partial charge in [0, 0.05) is 18.5 Å². The van der Waals surface area contributed by atoms with Crippen LogP contribution in [0.15, 0.2) is 0 Å². The van der Waals surface area contributed by atoms with Crippen molar-refractivity contribution in [2.45, 2.75) is 31.5 Å². The summed E-state index contributed by atoms with van der Waals surface area (Å²) in [5, 5.41) is 0. The molecule has 2 saturated heterocycles. The molecule has 0 bridgehead atoms. The molecule has 3 nitrogen and oxygen atoms in total. The molecule has 0 radical (unpaired) electrons. The van der Waals surface area contributed by atoms with E-state index in [9.17, 15) is 0 Å². The third kappa shape index (κ3) is 1.60. The Hall–Kier alpha value is -0.120. The van der Waals surface area contributed by atoms with Crippen LogP contribution in [0, 0.1) is 5.92 Å². The smallest absolute Gasteiger partial charge is 0.0661 e. The quantitative estimate of drug-likeness (QED) is 0.587. The molecule has 0 saturated carbocycles. The van der Waals surface area contributed by atoms with Crippen LogP contribution in [-0.4, -0.2) is 49.2 Å². The number of piperidine rings is 2. The highest BCUT2D eigenvalue weighted by Gasteiger charge is 2.38. The molecule has 2 N–H and O–H groups in total. The minimum absolute atomic E-state index is 0.434. The summed E-state index contributed by atoms with van der Waals surface area (Å²) in [5.74, 6) is 0.706. The van der Waals surface area contributed by atoms with Crippen molar-refractivity contribution >= 4 is 0 Å². The van der Waals surface area contributed by atoms with Crippen molar-refractivity contribution in [2.24, 2.45) is 11.7 Å². The number of likely N-dealkylation sites (tertiary alicyclic amines) is 2. The van der Waals surface area contributed by atoms with Gasteiger partial charge in [-0.15, -0.1) is 0 Å². The van der Waals surface area contributed by atoms with Crippen molar-refractivity contribution in [1.82, 2.24) is 9.80 Å². The molecular weight excluding hydrogens is 162 g/mol. The van der Waals surface area contributed by atoms with Crippen LogP contribution in [-0.2, 0) is 0 Å². The van der Waals surface area contributed by atoms with Gasteiger partial charge in [0.1, 0.15) is 0 Å². The van der Waals surface area contributed by atoms with Crippen LogP contribution in [0.5, 0.6) is 0 Å². The van der Waals surface area contributed by atoms with E-state index < -0.39 is 0 Å². The number of fused-ring (bicyclic) bond motifs is 1. The third-order valence-corrected chi connectivity index (χ3v) is 3.70. The maximum absolute atomic E-state index is 6.16. The lowest BCUT2D eigenvalue weighted by Crippen LogP contribution is -2.61. The summed E-state index contributed by atoms with van der Waals surface area (Å²) in [6.45, 7) is 2.39. The highest BCUT2D eigenvalue weighted by molar-refractivity contribution is 4.92. The molecule has 0 aromatic carbocycles. The molecular formula is C10H21N3. The minimum atomic E-state index is 0.434. The van der Waals surface area contributed by atoms with Gasteiger partial charge in [-0.2, -0.15) is 0 Å². The first-order valence-corrected chi connectivity index (χ1v) is 5.36. The summed E-state index contributed by atoms with van der Waals surface area (Å²) < 4.78 is 0. The number of rotatable bonds is 0. The lowest BCUT2D eigenvalue weighted by molar-refractivity contribution is -0.0345. The van der Waals surface area contributed by atoms with E-state index in [1.54, 1.807) is 0 Å². The maximum Gasteiger partial charge on any atom is 0.0661 e. The van der Waals surface area contributed by atoms with E-state index in [0.29, 0.717) is 18.1 Å². The van der Waals surface area contributed by atoms with Crippen LogP contribution in [0.1, 0.15) is 19.3 Å². The van der Waals surface area contributed by atoms with Gasteiger partial charge >= 0.3 is 0 Å². The highest BCUT2D eigenvalue weighted by atomic mass is 15.3. The second kappa shape index (κ2) is 3.56. The van der Waals surface area contributed by atoms with Gasteiger partial charge in [-0.3, -0.25) is 9.80 Å². The van der Waals surface area contributed by atoms with Gasteiger partial charge in [0.15, 0.2) is 0 Å². The molecule has 2 fully saturated rings. The summed E-state index contributed by atoms with van der Waals surface area (Å²) in [6, 6.07) is 0.434. The molecule has 0 aliphatic carbocycles. The number of nitrogens with two attached hydrogens (primary N) is 1. The molecule has 0 aromatic rings. The van der Waals surface area contributed by atoms with Crippen LogP contribution in [0.4, 0.5) is 0 Å². The molecule has 3 heteroatoms. The Balaban J connectivity index is 2.12. The van der Waals surface area contributed by atoms with Crippen LogP contribution < -0.4 is 5.73 Å². The first-order chi connectivity index (χ1) is 6.20. The zero-order chi connectivity index (χ0) is 9.42. The van der Waals surface area contributed by atoms with E-state index in [-0.39, 0.29) is 0 Å². The largest absolute Gasteiger partial charge is 0.327 e. The topological polar surface area (TPSA) is 32.5 Å². The number of nitrogens with zero attached hydrogens (tertiary/aromatic N) is 2. The van der Waals surface area contributed by atoms with E-state index >= 15 is 0 Å². The van der Waals surface area contributed by atoms with E-state index in [0.717, 1.165) is 6.54 Å². The third-order valence-electron chi connectivity index (χ3n) is 3.70. The normalized spacial score (nSPS) is 43.2. The van der Waals surface area contributed by atoms with Crippen molar-refractivity contribution in [3.05, 3.63) is 0 Å². The van der Waals surface area contributed by atoms with Gasteiger partial charge in [0.2, 0.25) is 0 Å². The summed E-state index contributed by atoms with van der Waals surface area (Å²) >= 11 is 0. The fourth-order valence-corrected chi connectivity index (χ4v) is 2.98. The molecule has 2 aliphatic rings. The maximum atomic E-state index is 6.16. The Kier molecular flexibility index (Phi) is 2.58. The number of hydrogen-bond acceptors (Lipinski definition) is 3. The minimum Gasteiger partial charge on any atom is -0.327 e. The first-order valence-electron chi connectivity index (χ1n) is 5.36.